The average molecular weight is 308 g/mol. The number of halogens is 1. The molecule has 1 heterocycles. The van der Waals surface area contributed by atoms with E-state index in [-0.39, 0.29) is 12.4 Å². The summed E-state index contributed by atoms with van der Waals surface area (Å²) >= 11 is 0. The van der Waals surface area contributed by atoms with Crippen LogP contribution in [0.15, 0.2) is 42.7 Å². The zero-order chi connectivity index (χ0) is 16.2. The first-order valence-electron chi connectivity index (χ1n) is 6.94. The molecule has 0 aliphatic heterocycles. The van der Waals surface area contributed by atoms with Gasteiger partial charge in [0.2, 0.25) is 0 Å². The van der Waals surface area contributed by atoms with E-state index in [0.29, 0.717) is 11.1 Å². The molecule has 1 N–H and O–H groups in total. The zero-order valence-electron chi connectivity index (χ0n) is 12.4. The Labute approximate surface area is 132 Å². The number of hydrogen-bond donors (Lipinski definition) is 1. The van der Waals surface area contributed by atoms with Crippen LogP contribution in [0.2, 0.25) is 0 Å². The average Bonchev–Trinajstić information content (AvgIpc) is 3.09. The Balaban J connectivity index is 1.85. The van der Waals surface area contributed by atoms with E-state index in [9.17, 15) is 4.39 Å². The van der Waals surface area contributed by atoms with Gasteiger partial charge < -0.3 is 5.32 Å². The first-order chi connectivity index (χ1) is 11.2. The molecule has 0 saturated heterocycles. The second-order valence-electron chi connectivity index (χ2n) is 4.98. The number of nitrogens with zero attached hydrogens (tertiary/aromatic N) is 5. The Hall–Kier alpha value is -3.27. The van der Waals surface area contributed by atoms with Gasteiger partial charge in [0.25, 0.3) is 0 Å². The van der Waals surface area contributed by atoms with Gasteiger partial charge in [-0.25, -0.2) is 9.07 Å². The van der Waals surface area contributed by atoms with Gasteiger partial charge in [0.1, 0.15) is 12.1 Å². The largest absolute Gasteiger partial charge is 0.381 e. The molecule has 0 bridgehead atoms. The van der Waals surface area contributed by atoms with E-state index in [4.69, 9.17) is 5.26 Å². The Morgan fingerprint density at radius 2 is 2.17 bits per heavy atom. The van der Waals surface area contributed by atoms with Crippen LogP contribution in [0.4, 0.5) is 10.1 Å². The fourth-order valence-electron chi connectivity index (χ4n) is 2.31. The fraction of sp³-hybridized carbons (Fsp3) is 0.125. The summed E-state index contributed by atoms with van der Waals surface area (Å²) < 4.78 is 15.4. The van der Waals surface area contributed by atoms with Crippen LogP contribution in [0.3, 0.4) is 0 Å². The smallest absolute Gasteiger partial charge is 0.143 e. The molecule has 0 saturated carbocycles. The number of tetrazole rings is 1. The lowest BCUT2D eigenvalue weighted by atomic mass is 10.1. The summed E-state index contributed by atoms with van der Waals surface area (Å²) in [6.45, 7) is 2.21. The topological polar surface area (TPSA) is 79.4 Å². The lowest BCUT2D eigenvalue weighted by molar-refractivity contribution is 0.612. The van der Waals surface area contributed by atoms with Gasteiger partial charge in [0, 0.05) is 17.8 Å². The Bertz CT molecular complexity index is 867. The molecule has 114 valence electrons. The third kappa shape index (κ3) is 3.01. The molecule has 2 aromatic carbocycles. The summed E-state index contributed by atoms with van der Waals surface area (Å²) in [5, 5.41) is 23.2. The van der Waals surface area contributed by atoms with Crippen molar-refractivity contribution in [1.82, 2.24) is 20.2 Å². The molecule has 23 heavy (non-hydrogen) atoms. The van der Waals surface area contributed by atoms with Crippen LogP contribution >= 0.6 is 0 Å². The van der Waals surface area contributed by atoms with Crippen LogP contribution in [0.1, 0.15) is 16.7 Å². The molecule has 1 aromatic heterocycles. The lowest BCUT2D eigenvalue weighted by Gasteiger charge is -2.13. The summed E-state index contributed by atoms with van der Waals surface area (Å²) in [5.74, 6) is -0.342. The quantitative estimate of drug-likeness (QED) is 0.801. The highest BCUT2D eigenvalue weighted by Gasteiger charge is 2.08. The van der Waals surface area contributed by atoms with Gasteiger partial charge in [0.05, 0.1) is 17.3 Å². The maximum atomic E-state index is 13.8. The van der Waals surface area contributed by atoms with Crippen molar-refractivity contribution < 1.29 is 4.39 Å². The molecule has 0 fully saturated rings. The molecule has 0 aliphatic carbocycles. The second kappa shape index (κ2) is 6.23. The minimum atomic E-state index is -0.342. The SMILES string of the molecule is Cc1c(NCc2cc(C#N)ccc2F)cccc1-n1cnnn1. The molecule has 0 spiro atoms. The van der Waals surface area contributed by atoms with E-state index < -0.39 is 0 Å². The Morgan fingerprint density at radius 1 is 1.30 bits per heavy atom. The third-order valence-corrected chi connectivity index (χ3v) is 3.55. The maximum Gasteiger partial charge on any atom is 0.143 e. The molecule has 0 radical (unpaired) electrons. The van der Waals surface area contributed by atoms with Crippen LogP contribution in [-0.2, 0) is 6.54 Å². The fourth-order valence-corrected chi connectivity index (χ4v) is 2.31. The number of hydrogen-bond acceptors (Lipinski definition) is 5. The van der Waals surface area contributed by atoms with Gasteiger partial charge in [0.15, 0.2) is 0 Å². The number of anilines is 1. The van der Waals surface area contributed by atoms with Crippen molar-refractivity contribution in [3.05, 3.63) is 65.2 Å². The van der Waals surface area contributed by atoms with E-state index in [1.165, 1.54) is 18.5 Å². The second-order valence-corrected chi connectivity index (χ2v) is 4.98. The first-order valence-corrected chi connectivity index (χ1v) is 6.94. The zero-order valence-corrected chi connectivity index (χ0v) is 12.4. The van der Waals surface area contributed by atoms with Crippen molar-refractivity contribution in [3.8, 4) is 11.8 Å². The highest BCUT2D eigenvalue weighted by molar-refractivity contribution is 5.59. The predicted octanol–water partition coefficient (Wildman–Crippen LogP) is 2.59. The van der Waals surface area contributed by atoms with Gasteiger partial charge in [-0.3, -0.25) is 0 Å². The van der Waals surface area contributed by atoms with Crippen LogP contribution in [0.5, 0.6) is 0 Å². The number of benzene rings is 2. The maximum absolute atomic E-state index is 13.8. The lowest BCUT2D eigenvalue weighted by Crippen LogP contribution is -2.06. The third-order valence-electron chi connectivity index (χ3n) is 3.55. The first kappa shape index (κ1) is 14.7. The molecule has 0 unspecified atom stereocenters. The molecule has 0 aliphatic rings. The van der Waals surface area contributed by atoms with E-state index >= 15 is 0 Å². The summed E-state index contributed by atoms with van der Waals surface area (Å²) in [7, 11) is 0. The van der Waals surface area contributed by atoms with Gasteiger partial charge in [-0.2, -0.15) is 5.26 Å². The predicted molar refractivity (Wildman–Crippen MR) is 82.3 cm³/mol. The normalized spacial score (nSPS) is 10.3. The molecule has 6 nitrogen and oxygen atoms in total. The summed E-state index contributed by atoms with van der Waals surface area (Å²) in [6.07, 6.45) is 1.52. The van der Waals surface area contributed by atoms with Crippen molar-refractivity contribution in [2.75, 3.05) is 5.32 Å². The van der Waals surface area contributed by atoms with Crippen LogP contribution in [0.25, 0.3) is 5.69 Å². The number of nitriles is 1. The highest BCUT2D eigenvalue weighted by atomic mass is 19.1. The minimum Gasteiger partial charge on any atom is -0.381 e. The monoisotopic (exact) mass is 308 g/mol. The van der Waals surface area contributed by atoms with Crippen LogP contribution in [-0.4, -0.2) is 20.2 Å². The van der Waals surface area contributed by atoms with Crippen LogP contribution < -0.4 is 5.32 Å². The van der Waals surface area contributed by atoms with Gasteiger partial charge in [-0.15, -0.1) is 5.10 Å². The van der Waals surface area contributed by atoms with Crippen molar-refractivity contribution in [3.63, 3.8) is 0 Å². The number of aromatic nitrogens is 4. The highest BCUT2D eigenvalue weighted by Crippen LogP contribution is 2.22. The molecular formula is C16H13FN6. The van der Waals surface area contributed by atoms with Gasteiger partial charge >= 0.3 is 0 Å². The number of rotatable bonds is 4. The molecule has 7 heteroatoms. The molecule has 3 rings (SSSR count). The summed E-state index contributed by atoms with van der Waals surface area (Å²) in [6, 6.07) is 12.0. The van der Waals surface area contributed by atoms with Gasteiger partial charge in [-0.1, -0.05) is 6.07 Å². The van der Waals surface area contributed by atoms with E-state index in [1.807, 2.05) is 31.2 Å². The van der Waals surface area contributed by atoms with Crippen LogP contribution in [0, 0.1) is 24.1 Å². The van der Waals surface area contributed by atoms with Crippen molar-refractivity contribution >= 4 is 5.69 Å². The number of nitrogens with one attached hydrogen (secondary N) is 1. The molecular weight excluding hydrogens is 295 g/mol. The van der Waals surface area contributed by atoms with Crippen molar-refractivity contribution in [2.45, 2.75) is 13.5 Å². The van der Waals surface area contributed by atoms with E-state index in [2.05, 4.69) is 20.8 Å². The van der Waals surface area contributed by atoms with E-state index in [1.54, 1.807) is 10.7 Å². The standard InChI is InChI=1S/C16H13FN6/c1-11-15(3-2-4-16(11)23-10-20-21-22-23)19-9-13-7-12(8-18)5-6-14(13)17/h2-7,10,19H,9H2,1H3. The molecule has 0 atom stereocenters. The summed E-state index contributed by atoms with van der Waals surface area (Å²) in [4.78, 5) is 0. The van der Waals surface area contributed by atoms with Crippen molar-refractivity contribution in [2.24, 2.45) is 0 Å². The van der Waals surface area contributed by atoms with Crippen molar-refractivity contribution in [1.29, 1.82) is 5.26 Å². The molecule has 3 aromatic rings. The van der Waals surface area contributed by atoms with E-state index in [0.717, 1.165) is 16.9 Å². The molecule has 0 amide bonds. The Morgan fingerprint density at radius 3 is 2.91 bits per heavy atom. The summed E-state index contributed by atoms with van der Waals surface area (Å²) in [5.41, 5.74) is 3.50. The Kier molecular flexibility index (Phi) is 3.97. The van der Waals surface area contributed by atoms with Gasteiger partial charge in [-0.05, 0) is 53.2 Å². The minimum absolute atomic E-state index is 0.279.